The second-order valence-electron chi connectivity index (χ2n) is 8.41. The molecule has 1 aliphatic heterocycles. The van der Waals surface area contributed by atoms with Crippen LogP contribution in [0.1, 0.15) is 16.7 Å². The molecule has 13 nitrogen and oxygen atoms in total. The minimum Gasteiger partial charge on any atom is -0.493 e. The van der Waals surface area contributed by atoms with E-state index in [0.717, 1.165) is 34.2 Å². The molecule has 0 unspecified atom stereocenters. The number of aryl methyl sites for hydroxylation is 2. The van der Waals surface area contributed by atoms with E-state index in [0.29, 0.717) is 11.3 Å². The molecule has 1 fully saturated rings. The molecule has 0 radical (unpaired) electrons. The van der Waals surface area contributed by atoms with Crippen LogP contribution in [-0.4, -0.2) is 34.8 Å². The van der Waals surface area contributed by atoms with E-state index in [2.05, 4.69) is 5.32 Å². The number of nitro benzene ring substituents is 2. The number of imide groups is 2. The van der Waals surface area contributed by atoms with E-state index >= 15 is 0 Å². The minimum atomic E-state index is -0.883. The Kier molecular flexibility index (Phi) is 7.07. The average Bonchev–Trinajstić information content (AvgIpc) is 2.89. The van der Waals surface area contributed by atoms with E-state index in [1.807, 2.05) is 13.8 Å². The SMILES string of the molecule is COc1cc(/C=C2\C(=O)NC(=O)N(c3ccc(C)c(C)c3)C2=O)ccc1Oc1ccc([N+](=O)[O-])cc1[N+](=O)[O-]. The van der Waals surface area contributed by atoms with E-state index in [9.17, 15) is 34.6 Å². The molecule has 0 bridgehead atoms. The van der Waals surface area contributed by atoms with Crippen molar-refractivity contribution in [3.05, 3.63) is 97.1 Å². The summed E-state index contributed by atoms with van der Waals surface area (Å²) in [6.07, 6.45) is 1.26. The highest BCUT2D eigenvalue weighted by Crippen LogP contribution is 2.38. The number of anilines is 1. The summed E-state index contributed by atoms with van der Waals surface area (Å²) in [5, 5.41) is 24.6. The van der Waals surface area contributed by atoms with Gasteiger partial charge in [0.2, 0.25) is 5.75 Å². The largest absolute Gasteiger partial charge is 0.493 e. The third-order valence-corrected chi connectivity index (χ3v) is 5.92. The van der Waals surface area contributed by atoms with E-state index < -0.39 is 39.1 Å². The summed E-state index contributed by atoms with van der Waals surface area (Å²) >= 11 is 0. The third kappa shape index (κ3) is 5.27. The van der Waals surface area contributed by atoms with Crippen LogP contribution in [0.5, 0.6) is 17.2 Å². The fourth-order valence-corrected chi connectivity index (χ4v) is 3.75. The second kappa shape index (κ2) is 10.4. The molecular weight excluding hydrogens is 512 g/mol. The molecule has 0 atom stereocenters. The first-order valence-electron chi connectivity index (χ1n) is 11.3. The number of hydrogen-bond acceptors (Lipinski definition) is 9. The topological polar surface area (TPSA) is 171 Å². The number of carbonyl (C=O) groups is 3. The number of nitrogens with one attached hydrogen (secondary N) is 1. The summed E-state index contributed by atoms with van der Waals surface area (Å²) in [5.74, 6) is -1.86. The van der Waals surface area contributed by atoms with E-state index in [1.165, 1.54) is 31.4 Å². The number of rotatable bonds is 7. The fraction of sp³-hybridized carbons (Fsp3) is 0.115. The van der Waals surface area contributed by atoms with Crippen molar-refractivity contribution in [3.8, 4) is 17.2 Å². The van der Waals surface area contributed by atoms with Gasteiger partial charge in [-0.25, -0.2) is 9.69 Å². The van der Waals surface area contributed by atoms with Crippen molar-refractivity contribution in [2.24, 2.45) is 0 Å². The van der Waals surface area contributed by atoms with Gasteiger partial charge in [0.05, 0.1) is 28.7 Å². The van der Waals surface area contributed by atoms with Crippen LogP contribution < -0.4 is 19.7 Å². The minimum absolute atomic E-state index is 0.0305. The first kappa shape index (κ1) is 26.5. The van der Waals surface area contributed by atoms with Gasteiger partial charge in [0.25, 0.3) is 17.5 Å². The van der Waals surface area contributed by atoms with E-state index in [-0.39, 0.29) is 22.8 Å². The molecule has 3 aromatic rings. The summed E-state index contributed by atoms with van der Waals surface area (Å²) in [6, 6.07) is 11.3. The fourth-order valence-electron chi connectivity index (χ4n) is 3.75. The molecule has 13 heteroatoms. The van der Waals surface area contributed by atoms with Crippen molar-refractivity contribution in [3.63, 3.8) is 0 Å². The van der Waals surface area contributed by atoms with Crippen molar-refractivity contribution < 1.29 is 33.7 Å². The molecule has 0 aromatic heterocycles. The Morgan fingerprint density at radius 3 is 2.21 bits per heavy atom. The summed E-state index contributed by atoms with van der Waals surface area (Å²) in [6.45, 7) is 3.71. The number of methoxy groups -OCH3 is 1. The van der Waals surface area contributed by atoms with Gasteiger partial charge < -0.3 is 9.47 Å². The number of benzene rings is 3. The van der Waals surface area contributed by atoms with Gasteiger partial charge in [-0.1, -0.05) is 12.1 Å². The highest BCUT2D eigenvalue weighted by molar-refractivity contribution is 6.39. The highest BCUT2D eigenvalue weighted by atomic mass is 16.6. The van der Waals surface area contributed by atoms with Crippen molar-refractivity contribution in [1.82, 2.24) is 5.32 Å². The normalized spacial score (nSPS) is 14.3. The number of nitro groups is 2. The Hall–Kier alpha value is -5.59. The third-order valence-electron chi connectivity index (χ3n) is 5.92. The van der Waals surface area contributed by atoms with Crippen LogP contribution in [0.15, 0.2) is 60.2 Å². The quantitative estimate of drug-likeness (QED) is 0.198. The van der Waals surface area contributed by atoms with Crippen LogP contribution >= 0.6 is 0 Å². The van der Waals surface area contributed by atoms with Crippen molar-refractivity contribution >= 4 is 41.0 Å². The van der Waals surface area contributed by atoms with Gasteiger partial charge in [-0.15, -0.1) is 0 Å². The Morgan fingerprint density at radius 2 is 1.56 bits per heavy atom. The van der Waals surface area contributed by atoms with Gasteiger partial charge >= 0.3 is 11.7 Å². The van der Waals surface area contributed by atoms with E-state index in [4.69, 9.17) is 9.47 Å². The van der Waals surface area contributed by atoms with Crippen molar-refractivity contribution in [2.45, 2.75) is 13.8 Å². The lowest BCUT2D eigenvalue weighted by Gasteiger charge is -2.26. The van der Waals surface area contributed by atoms with Crippen LogP contribution in [0, 0.1) is 34.1 Å². The molecule has 0 saturated carbocycles. The monoisotopic (exact) mass is 532 g/mol. The Balaban J connectivity index is 1.67. The van der Waals surface area contributed by atoms with Gasteiger partial charge in [-0.3, -0.25) is 35.1 Å². The maximum atomic E-state index is 13.2. The predicted molar refractivity (Wildman–Crippen MR) is 138 cm³/mol. The molecule has 4 amide bonds. The van der Waals surface area contributed by atoms with E-state index in [1.54, 1.807) is 18.2 Å². The number of barbiturate groups is 1. The standard InChI is InChI=1S/C26H20N4O9/c1-14-4-6-17(10-15(14)2)28-25(32)19(24(31)27-26(28)33)11-16-5-8-22(23(12-16)38-3)39-21-9-7-18(29(34)35)13-20(21)30(36)37/h4-13H,1-3H3,(H,27,31,33)/b19-11+. The van der Waals surface area contributed by atoms with Gasteiger partial charge in [0.15, 0.2) is 11.5 Å². The number of urea groups is 1. The lowest BCUT2D eigenvalue weighted by Crippen LogP contribution is -2.54. The zero-order valence-electron chi connectivity index (χ0n) is 20.8. The molecule has 1 saturated heterocycles. The highest BCUT2D eigenvalue weighted by Gasteiger charge is 2.37. The Morgan fingerprint density at radius 1 is 0.846 bits per heavy atom. The molecular formula is C26H20N4O9. The van der Waals surface area contributed by atoms with Crippen LogP contribution in [0.4, 0.5) is 21.9 Å². The molecule has 0 spiro atoms. The molecule has 4 rings (SSSR count). The number of hydrogen-bond donors (Lipinski definition) is 1. The summed E-state index contributed by atoms with van der Waals surface area (Å²) in [7, 11) is 1.31. The molecule has 0 aliphatic carbocycles. The first-order chi connectivity index (χ1) is 18.5. The first-order valence-corrected chi connectivity index (χ1v) is 11.3. The number of nitrogens with zero attached hydrogens (tertiary/aromatic N) is 3. The lowest BCUT2D eigenvalue weighted by molar-refractivity contribution is -0.394. The molecule has 39 heavy (non-hydrogen) atoms. The van der Waals surface area contributed by atoms with Crippen molar-refractivity contribution in [2.75, 3.05) is 12.0 Å². The van der Waals surface area contributed by atoms with Crippen LogP contribution in [0.25, 0.3) is 6.08 Å². The van der Waals surface area contributed by atoms with Crippen molar-refractivity contribution in [1.29, 1.82) is 0 Å². The van der Waals surface area contributed by atoms with Gasteiger partial charge in [-0.2, -0.15) is 0 Å². The second-order valence-corrected chi connectivity index (χ2v) is 8.41. The zero-order valence-corrected chi connectivity index (χ0v) is 20.8. The number of carbonyl (C=O) groups excluding carboxylic acids is 3. The molecule has 3 aromatic carbocycles. The maximum Gasteiger partial charge on any atom is 0.335 e. The average molecular weight is 532 g/mol. The number of ether oxygens (including phenoxy) is 2. The molecule has 198 valence electrons. The molecule has 1 N–H and O–H groups in total. The maximum absolute atomic E-state index is 13.2. The number of non-ortho nitro benzene ring substituents is 1. The van der Waals surface area contributed by atoms with Crippen LogP contribution in [0.2, 0.25) is 0 Å². The summed E-state index contributed by atoms with van der Waals surface area (Å²) in [4.78, 5) is 59.9. The van der Waals surface area contributed by atoms with Gasteiger partial charge in [0.1, 0.15) is 5.57 Å². The van der Waals surface area contributed by atoms with Crippen LogP contribution in [-0.2, 0) is 9.59 Å². The lowest BCUT2D eigenvalue weighted by atomic mass is 10.0. The summed E-state index contributed by atoms with van der Waals surface area (Å²) in [5.41, 5.74) is 1.02. The smallest absolute Gasteiger partial charge is 0.335 e. The molecule has 1 aliphatic rings. The number of amides is 4. The summed E-state index contributed by atoms with van der Waals surface area (Å²) < 4.78 is 10.9. The Labute approximate surface area is 220 Å². The van der Waals surface area contributed by atoms with Gasteiger partial charge in [-0.05, 0) is 66.9 Å². The van der Waals surface area contributed by atoms with Crippen LogP contribution in [0.3, 0.4) is 0 Å². The predicted octanol–water partition coefficient (Wildman–Crippen LogP) is 4.59. The Bertz CT molecular complexity index is 1600. The molecule has 1 heterocycles. The zero-order chi connectivity index (χ0) is 28.4. The van der Waals surface area contributed by atoms with Gasteiger partial charge in [0, 0.05) is 6.07 Å².